The molecule has 0 aliphatic heterocycles. The molecule has 0 N–H and O–H groups in total. The van der Waals surface area contributed by atoms with E-state index in [-0.39, 0.29) is 6.16 Å². The molecule has 0 aliphatic carbocycles. The van der Waals surface area contributed by atoms with Crippen LogP contribution < -0.4 is 4.74 Å². The first kappa shape index (κ1) is 16.2. The van der Waals surface area contributed by atoms with Gasteiger partial charge in [0.15, 0.2) is 0 Å². The number of hydrogen-bond donors (Lipinski definition) is 0. The van der Waals surface area contributed by atoms with Crippen molar-refractivity contribution < 1.29 is 18.3 Å². The third-order valence-electron chi connectivity index (χ3n) is 2.67. The molecular weight excluding hydrogens is 263 g/mol. The van der Waals surface area contributed by atoms with Gasteiger partial charge in [-0.15, -0.1) is 0 Å². The molecule has 0 saturated heterocycles. The van der Waals surface area contributed by atoms with Crippen LogP contribution in [0.2, 0.25) is 0 Å². The van der Waals surface area contributed by atoms with E-state index in [2.05, 4.69) is 0 Å². The van der Waals surface area contributed by atoms with Gasteiger partial charge in [0.05, 0.1) is 26.0 Å². The van der Waals surface area contributed by atoms with Gasteiger partial charge >= 0.3 is 7.60 Å². The van der Waals surface area contributed by atoms with E-state index in [0.717, 1.165) is 16.9 Å². The molecule has 1 aromatic rings. The van der Waals surface area contributed by atoms with Crippen LogP contribution in [-0.2, 0) is 19.8 Å². The van der Waals surface area contributed by atoms with Crippen molar-refractivity contribution in [1.82, 2.24) is 0 Å². The summed E-state index contributed by atoms with van der Waals surface area (Å²) in [4.78, 5) is 0. The van der Waals surface area contributed by atoms with Crippen molar-refractivity contribution in [2.24, 2.45) is 0 Å². The fourth-order valence-electron chi connectivity index (χ4n) is 1.88. The van der Waals surface area contributed by atoms with E-state index in [1.54, 1.807) is 0 Å². The zero-order valence-electron chi connectivity index (χ0n) is 12.1. The highest BCUT2D eigenvalue weighted by Crippen LogP contribution is 2.52. The number of ether oxygens (including phenoxy) is 1. The van der Waals surface area contributed by atoms with Crippen LogP contribution in [0.3, 0.4) is 0 Å². The second-order valence-corrected chi connectivity index (χ2v) is 6.14. The molecule has 1 rings (SSSR count). The monoisotopic (exact) mass is 286 g/mol. The number of aryl methyl sites for hydroxylation is 1. The maximum Gasteiger partial charge on any atom is 0.335 e. The normalized spacial score (nSPS) is 11.6. The molecule has 0 heterocycles. The minimum atomic E-state index is -3.10. The first-order chi connectivity index (χ1) is 9.06. The molecule has 4 nitrogen and oxygen atoms in total. The van der Waals surface area contributed by atoms with Crippen LogP contribution >= 0.6 is 7.60 Å². The third-order valence-corrected chi connectivity index (χ3v) is 4.68. The maximum atomic E-state index is 12.6. The molecule has 0 spiro atoms. The van der Waals surface area contributed by atoms with Gasteiger partial charge in [0.1, 0.15) is 5.75 Å². The molecule has 0 unspecified atom stereocenters. The Labute approximate surface area is 115 Å². The topological polar surface area (TPSA) is 44.8 Å². The van der Waals surface area contributed by atoms with E-state index in [9.17, 15) is 4.57 Å². The third kappa shape index (κ3) is 4.64. The predicted molar refractivity (Wildman–Crippen MR) is 76.9 cm³/mol. The van der Waals surface area contributed by atoms with Gasteiger partial charge in [0, 0.05) is 5.56 Å². The minimum absolute atomic E-state index is 0.247. The lowest BCUT2D eigenvalue weighted by molar-refractivity contribution is 0.218. The smallest absolute Gasteiger partial charge is 0.335 e. The first-order valence-electron chi connectivity index (χ1n) is 6.65. The average molecular weight is 286 g/mol. The molecule has 19 heavy (non-hydrogen) atoms. The molecule has 1 aromatic carbocycles. The molecule has 0 saturated carbocycles. The average Bonchev–Trinajstić information content (AvgIpc) is 2.34. The van der Waals surface area contributed by atoms with E-state index in [4.69, 9.17) is 13.8 Å². The van der Waals surface area contributed by atoms with Crippen LogP contribution in [0.1, 0.15) is 31.9 Å². The fraction of sp³-hybridized carbons (Fsp3) is 0.571. The van der Waals surface area contributed by atoms with Gasteiger partial charge < -0.3 is 13.8 Å². The quantitative estimate of drug-likeness (QED) is 0.673. The van der Waals surface area contributed by atoms with Crippen molar-refractivity contribution in [3.8, 4) is 5.75 Å². The summed E-state index contributed by atoms with van der Waals surface area (Å²) in [5, 5.41) is 0. The van der Waals surface area contributed by atoms with E-state index in [1.165, 1.54) is 0 Å². The highest BCUT2D eigenvalue weighted by molar-refractivity contribution is 7.53. The molecule has 0 aromatic heterocycles. The van der Waals surface area contributed by atoms with Crippen molar-refractivity contribution in [2.45, 2.75) is 33.9 Å². The summed E-state index contributed by atoms with van der Waals surface area (Å²) < 4.78 is 28.9. The molecule has 0 aliphatic rings. The SMILES string of the molecule is CCOc1cccc(C)c1CP(=O)(OCC)OCC. The van der Waals surface area contributed by atoms with Crippen LogP contribution in [0, 0.1) is 6.92 Å². The van der Waals surface area contributed by atoms with Crippen molar-refractivity contribution in [3.63, 3.8) is 0 Å². The molecular formula is C14H23O4P. The highest BCUT2D eigenvalue weighted by atomic mass is 31.2. The molecule has 108 valence electrons. The van der Waals surface area contributed by atoms with E-state index in [1.807, 2.05) is 45.9 Å². The van der Waals surface area contributed by atoms with Crippen molar-refractivity contribution in [3.05, 3.63) is 29.3 Å². The standard InChI is InChI=1S/C14H23O4P/c1-5-16-14-10-8-9-12(4)13(14)11-19(15,17-6-2)18-7-3/h8-10H,5-7,11H2,1-4H3. The molecule has 5 heteroatoms. The summed E-state index contributed by atoms with van der Waals surface area (Å²) in [5.41, 5.74) is 1.93. The van der Waals surface area contributed by atoms with E-state index in [0.29, 0.717) is 19.8 Å². The second-order valence-electron chi connectivity index (χ2n) is 4.09. The summed E-state index contributed by atoms with van der Waals surface area (Å²) in [6, 6.07) is 5.78. The lowest BCUT2D eigenvalue weighted by Crippen LogP contribution is -2.03. The maximum absolute atomic E-state index is 12.6. The van der Waals surface area contributed by atoms with Gasteiger partial charge in [-0.25, -0.2) is 0 Å². The van der Waals surface area contributed by atoms with Crippen LogP contribution in [0.15, 0.2) is 18.2 Å². The van der Waals surface area contributed by atoms with Gasteiger partial charge in [0.2, 0.25) is 0 Å². The van der Waals surface area contributed by atoms with Crippen LogP contribution in [-0.4, -0.2) is 19.8 Å². The Morgan fingerprint density at radius 1 is 1.05 bits per heavy atom. The summed E-state index contributed by atoms with van der Waals surface area (Å²) in [7, 11) is -3.10. The van der Waals surface area contributed by atoms with Gasteiger partial charge in [-0.2, -0.15) is 0 Å². The molecule has 0 atom stereocenters. The largest absolute Gasteiger partial charge is 0.494 e. The second kappa shape index (κ2) is 7.68. The molecule has 0 radical (unpaired) electrons. The highest BCUT2D eigenvalue weighted by Gasteiger charge is 2.26. The van der Waals surface area contributed by atoms with Gasteiger partial charge in [-0.05, 0) is 39.3 Å². The summed E-state index contributed by atoms with van der Waals surface area (Å²) in [6.45, 7) is 8.83. The lowest BCUT2D eigenvalue weighted by Gasteiger charge is -2.20. The lowest BCUT2D eigenvalue weighted by atomic mass is 10.1. The summed E-state index contributed by atoms with van der Waals surface area (Å²) >= 11 is 0. The zero-order valence-corrected chi connectivity index (χ0v) is 13.0. The Kier molecular flexibility index (Phi) is 6.56. The number of rotatable bonds is 8. The van der Waals surface area contributed by atoms with Gasteiger partial charge in [-0.1, -0.05) is 12.1 Å². The summed E-state index contributed by atoms with van der Waals surface area (Å²) in [6.07, 6.45) is 0.247. The van der Waals surface area contributed by atoms with Crippen molar-refractivity contribution >= 4 is 7.60 Å². The Balaban J connectivity index is 3.04. The number of benzene rings is 1. The van der Waals surface area contributed by atoms with Crippen LogP contribution in [0.5, 0.6) is 5.75 Å². The van der Waals surface area contributed by atoms with Crippen molar-refractivity contribution in [1.29, 1.82) is 0 Å². The minimum Gasteiger partial charge on any atom is -0.494 e. The van der Waals surface area contributed by atoms with Gasteiger partial charge in [0.25, 0.3) is 0 Å². The fourth-order valence-corrected chi connectivity index (χ4v) is 3.72. The number of hydrogen-bond acceptors (Lipinski definition) is 4. The first-order valence-corrected chi connectivity index (χ1v) is 8.38. The predicted octanol–water partition coefficient (Wildman–Crippen LogP) is 4.16. The zero-order chi connectivity index (χ0) is 14.3. The Bertz CT molecular complexity index is 435. The molecule has 0 fully saturated rings. The van der Waals surface area contributed by atoms with E-state index < -0.39 is 7.60 Å². The van der Waals surface area contributed by atoms with Crippen LogP contribution in [0.25, 0.3) is 0 Å². The Hall–Kier alpha value is -0.830. The molecule has 0 amide bonds. The van der Waals surface area contributed by atoms with Crippen LogP contribution in [0.4, 0.5) is 0 Å². The van der Waals surface area contributed by atoms with Gasteiger partial charge in [-0.3, -0.25) is 4.57 Å². The Morgan fingerprint density at radius 2 is 1.68 bits per heavy atom. The molecule has 0 bridgehead atoms. The summed E-state index contributed by atoms with van der Waals surface area (Å²) in [5.74, 6) is 0.752. The Morgan fingerprint density at radius 3 is 2.21 bits per heavy atom. The van der Waals surface area contributed by atoms with Crippen molar-refractivity contribution in [2.75, 3.05) is 19.8 Å². The van der Waals surface area contributed by atoms with E-state index >= 15 is 0 Å².